The van der Waals surface area contributed by atoms with Crippen molar-refractivity contribution < 1.29 is 14.3 Å². The number of unbranched alkanes of at least 4 members (excludes halogenated alkanes) is 1. The van der Waals surface area contributed by atoms with E-state index in [4.69, 9.17) is 14.5 Å². The maximum atomic E-state index is 12.6. The number of nitrogens with zero attached hydrogens (tertiary/aromatic N) is 2. The van der Waals surface area contributed by atoms with Gasteiger partial charge < -0.3 is 19.4 Å². The predicted molar refractivity (Wildman–Crippen MR) is 144 cm³/mol. The van der Waals surface area contributed by atoms with Crippen LogP contribution < -0.4 is 14.8 Å². The maximum absolute atomic E-state index is 12.6. The lowest BCUT2D eigenvalue weighted by Gasteiger charge is -2.11. The second-order valence-electron chi connectivity index (χ2n) is 9.08. The van der Waals surface area contributed by atoms with E-state index in [2.05, 4.69) is 28.1 Å². The monoisotopic (exact) mass is 485 g/mol. The molecule has 6 heteroatoms. The highest BCUT2D eigenvalue weighted by atomic mass is 16.5. The van der Waals surface area contributed by atoms with Gasteiger partial charge in [0.2, 0.25) is 0 Å². The molecule has 0 radical (unpaired) electrons. The number of amides is 1. The molecule has 3 aromatic carbocycles. The Balaban J connectivity index is 1.28. The molecule has 0 atom stereocenters. The zero-order chi connectivity index (χ0) is 25.3. The third-order valence-electron chi connectivity index (χ3n) is 6.33. The molecule has 0 saturated heterocycles. The number of aromatic nitrogens is 2. The molecular formula is C30H35N3O3. The lowest BCUT2D eigenvalue weighted by atomic mass is 10.1. The van der Waals surface area contributed by atoms with Crippen LogP contribution in [0.25, 0.3) is 11.0 Å². The van der Waals surface area contributed by atoms with Crippen molar-refractivity contribution in [3.05, 3.63) is 89.2 Å². The minimum absolute atomic E-state index is 0.0159. The molecular weight excluding hydrogens is 450 g/mol. The zero-order valence-electron chi connectivity index (χ0n) is 21.4. The molecule has 0 aliphatic heterocycles. The molecule has 36 heavy (non-hydrogen) atoms. The number of benzene rings is 3. The molecule has 1 heterocycles. The van der Waals surface area contributed by atoms with E-state index in [9.17, 15) is 4.79 Å². The minimum Gasteiger partial charge on any atom is -0.497 e. The number of hydrogen-bond acceptors (Lipinski definition) is 4. The van der Waals surface area contributed by atoms with E-state index in [0.717, 1.165) is 77.3 Å². The number of carbonyl (C=O) groups is 1. The standard InChI is InChI=1S/C30H35N3O3/c1-22-12-17-26(23(2)21-22)30(34)31-18-8-11-29-32-27-9-4-5-10-28(27)33(29)19-6-7-20-36-25-15-13-24(35-3)14-16-25/h4-5,9-10,12-17,21H,6-8,11,18-20H2,1-3H3,(H,31,34). The first kappa shape index (κ1) is 25.3. The third-order valence-corrected chi connectivity index (χ3v) is 6.33. The molecule has 0 fully saturated rings. The van der Waals surface area contributed by atoms with Crippen LogP contribution in [0, 0.1) is 13.8 Å². The highest BCUT2D eigenvalue weighted by Gasteiger charge is 2.12. The fraction of sp³-hybridized carbons (Fsp3) is 0.333. The Morgan fingerprint density at radius 2 is 1.72 bits per heavy atom. The van der Waals surface area contributed by atoms with Crippen LogP contribution in [0.15, 0.2) is 66.7 Å². The fourth-order valence-corrected chi connectivity index (χ4v) is 4.41. The van der Waals surface area contributed by atoms with Crippen molar-refractivity contribution in [2.75, 3.05) is 20.3 Å². The number of aryl methyl sites for hydroxylation is 4. The summed E-state index contributed by atoms with van der Waals surface area (Å²) in [5.74, 6) is 2.73. The molecule has 0 aliphatic carbocycles. The highest BCUT2D eigenvalue weighted by molar-refractivity contribution is 5.95. The molecule has 0 saturated carbocycles. The maximum Gasteiger partial charge on any atom is 0.251 e. The first-order chi connectivity index (χ1) is 17.5. The summed E-state index contributed by atoms with van der Waals surface area (Å²) >= 11 is 0. The predicted octanol–water partition coefficient (Wildman–Crippen LogP) is 5.88. The van der Waals surface area contributed by atoms with Crippen LogP contribution in [0.3, 0.4) is 0 Å². The number of imidazole rings is 1. The van der Waals surface area contributed by atoms with Gasteiger partial charge in [0.05, 0.1) is 24.8 Å². The third kappa shape index (κ3) is 6.45. The van der Waals surface area contributed by atoms with Gasteiger partial charge in [0.25, 0.3) is 5.91 Å². The lowest BCUT2D eigenvalue weighted by Crippen LogP contribution is -2.25. The Hall–Kier alpha value is -3.80. The fourth-order valence-electron chi connectivity index (χ4n) is 4.41. The molecule has 0 spiro atoms. The first-order valence-electron chi connectivity index (χ1n) is 12.6. The summed E-state index contributed by atoms with van der Waals surface area (Å²) in [5, 5.41) is 3.06. The Kier molecular flexibility index (Phi) is 8.61. The van der Waals surface area contributed by atoms with Gasteiger partial charge in [0, 0.05) is 25.1 Å². The van der Waals surface area contributed by atoms with Crippen molar-refractivity contribution in [2.45, 2.75) is 46.1 Å². The van der Waals surface area contributed by atoms with Crippen LogP contribution >= 0.6 is 0 Å². The average Bonchev–Trinajstić information content (AvgIpc) is 3.24. The Morgan fingerprint density at radius 1 is 0.944 bits per heavy atom. The van der Waals surface area contributed by atoms with Gasteiger partial charge in [0.15, 0.2) is 0 Å². The second-order valence-corrected chi connectivity index (χ2v) is 9.08. The first-order valence-corrected chi connectivity index (χ1v) is 12.6. The topological polar surface area (TPSA) is 65.4 Å². The SMILES string of the molecule is COc1ccc(OCCCCn2c(CCCNC(=O)c3ccc(C)cc3C)nc3ccccc32)cc1. The molecule has 1 aromatic heterocycles. The molecule has 4 rings (SSSR count). The summed E-state index contributed by atoms with van der Waals surface area (Å²) in [7, 11) is 1.66. The van der Waals surface area contributed by atoms with E-state index >= 15 is 0 Å². The van der Waals surface area contributed by atoms with E-state index < -0.39 is 0 Å². The normalized spacial score (nSPS) is 11.0. The molecule has 4 aromatic rings. The number of fused-ring (bicyclic) bond motifs is 1. The van der Waals surface area contributed by atoms with Crippen molar-refractivity contribution >= 4 is 16.9 Å². The Morgan fingerprint density at radius 3 is 2.50 bits per heavy atom. The molecule has 1 N–H and O–H groups in total. The van der Waals surface area contributed by atoms with Crippen LogP contribution in [0.4, 0.5) is 0 Å². The van der Waals surface area contributed by atoms with Gasteiger partial charge in [-0.05, 0) is 81.1 Å². The lowest BCUT2D eigenvalue weighted by molar-refractivity contribution is 0.0952. The van der Waals surface area contributed by atoms with Crippen LogP contribution in [0.2, 0.25) is 0 Å². The number of methoxy groups -OCH3 is 1. The van der Waals surface area contributed by atoms with Crippen molar-refractivity contribution in [3.63, 3.8) is 0 Å². The number of para-hydroxylation sites is 2. The highest BCUT2D eigenvalue weighted by Crippen LogP contribution is 2.20. The smallest absolute Gasteiger partial charge is 0.251 e. The summed E-state index contributed by atoms with van der Waals surface area (Å²) in [6.45, 7) is 6.18. The van der Waals surface area contributed by atoms with Crippen molar-refractivity contribution in [2.24, 2.45) is 0 Å². The van der Waals surface area contributed by atoms with E-state index in [0.29, 0.717) is 13.2 Å². The molecule has 0 unspecified atom stereocenters. The molecule has 188 valence electrons. The zero-order valence-corrected chi connectivity index (χ0v) is 21.4. The van der Waals surface area contributed by atoms with Crippen LogP contribution in [0.1, 0.15) is 46.6 Å². The summed E-state index contributed by atoms with van der Waals surface area (Å²) in [6.07, 6.45) is 3.58. The Bertz CT molecular complexity index is 1290. The number of ether oxygens (including phenoxy) is 2. The molecule has 0 bridgehead atoms. The van der Waals surface area contributed by atoms with Gasteiger partial charge in [-0.2, -0.15) is 0 Å². The van der Waals surface area contributed by atoms with Gasteiger partial charge in [-0.25, -0.2) is 4.98 Å². The van der Waals surface area contributed by atoms with E-state index in [1.54, 1.807) is 7.11 Å². The summed E-state index contributed by atoms with van der Waals surface area (Å²) < 4.78 is 13.4. The molecule has 6 nitrogen and oxygen atoms in total. The van der Waals surface area contributed by atoms with Crippen LogP contribution in [-0.4, -0.2) is 35.7 Å². The number of hydrogen-bond donors (Lipinski definition) is 1. The van der Waals surface area contributed by atoms with Gasteiger partial charge in [-0.3, -0.25) is 4.79 Å². The quantitative estimate of drug-likeness (QED) is 0.254. The van der Waals surface area contributed by atoms with E-state index in [1.807, 2.05) is 62.4 Å². The van der Waals surface area contributed by atoms with Crippen LogP contribution in [-0.2, 0) is 13.0 Å². The van der Waals surface area contributed by atoms with Crippen molar-refractivity contribution in [1.29, 1.82) is 0 Å². The molecule has 0 aliphatic rings. The summed E-state index contributed by atoms with van der Waals surface area (Å²) in [5.41, 5.74) is 5.08. The summed E-state index contributed by atoms with van der Waals surface area (Å²) in [6, 6.07) is 21.9. The average molecular weight is 486 g/mol. The summed E-state index contributed by atoms with van der Waals surface area (Å²) in [4.78, 5) is 17.5. The van der Waals surface area contributed by atoms with Gasteiger partial charge in [-0.1, -0.05) is 29.8 Å². The van der Waals surface area contributed by atoms with E-state index in [1.165, 1.54) is 0 Å². The van der Waals surface area contributed by atoms with Gasteiger partial charge in [0.1, 0.15) is 17.3 Å². The number of rotatable bonds is 12. The van der Waals surface area contributed by atoms with Gasteiger partial charge in [-0.15, -0.1) is 0 Å². The second kappa shape index (κ2) is 12.2. The van der Waals surface area contributed by atoms with Gasteiger partial charge >= 0.3 is 0 Å². The largest absolute Gasteiger partial charge is 0.497 e. The Labute approximate surface area is 213 Å². The number of nitrogens with one attached hydrogen (secondary N) is 1. The van der Waals surface area contributed by atoms with Crippen molar-refractivity contribution in [3.8, 4) is 11.5 Å². The number of carbonyl (C=O) groups excluding carboxylic acids is 1. The molecule has 1 amide bonds. The van der Waals surface area contributed by atoms with Crippen LogP contribution in [0.5, 0.6) is 11.5 Å². The minimum atomic E-state index is -0.0159. The van der Waals surface area contributed by atoms with Crippen molar-refractivity contribution in [1.82, 2.24) is 14.9 Å². The van der Waals surface area contributed by atoms with E-state index in [-0.39, 0.29) is 5.91 Å².